The highest BCUT2D eigenvalue weighted by Crippen LogP contribution is 2.20. The van der Waals surface area contributed by atoms with Crippen molar-refractivity contribution in [1.29, 1.82) is 0 Å². The number of aryl methyl sites for hydroxylation is 1. The van der Waals surface area contributed by atoms with Crippen LogP contribution >= 0.6 is 0 Å². The minimum atomic E-state index is -3.80. The van der Waals surface area contributed by atoms with Gasteiger partial charge in [-0.05, 0) is 26.0 Å². The molecule has 0 amide bonds. The highest BCUT2D eigenvalue weighted by Gasteiger charge is 2.32. The van der Waals surface area contributed by atoms with Crippen LogP contribution in [0.15, 0.2) is 29.2 Å². The average Bonchev–Trinajstić information content (AvgIpc) is 2.53. The van der Waals surface area contributed by atoms with Crippen LogP contribution in [0.5, 0.6) is 0 Å². The van der Waals surface area contributed by atoms with Crippen LogP contribution in [0.3, 0.4) is 0 Å². The first-order valence-corrected chi connectivity index (χ1v) is 9.31. The third kappa shape index (κ3) is 6.84. The van der Waals surface area contributed by atoms with Crippen molar-refractivity contribution in [1.82, 2.24) is 0 Å². The molecule has 0 radical (unpaired) electrons. The third-order valence-corrected chi connectivity index (χ3v) is 5.24. The molecule has 0 bridgehead atoms. The van der Waals surface area contributed by atoms with Gasteiger partial charge in [-0.15, -0.1) is 0 Å². The van der Waals surface area contributed by atoms with E-state index in [9.17, 15) is 13.5 Å². The first-order valence-electron chi connectivity index (χ1n) is 7.76. The normalized spacial score (nSPS) is 14.5. The number of hydrogen-bond acceptors (Lipinski definition) is 7. The van der Waals surface area contributed by atoms with Gasteiger partial charge in [-0.3, -0.25) is 0 Å². The molecule has 138 valence electrons. The van der Waals surface area contributed by atoms with E-state index in [-0.39, 0.29) is 31.3 Å². The minimum Gasteiger partial charge on any atom is -0.394 e. The van der Waals surface area contributed by atoms with Gasteiger partial charge in [0.1, 0.15) is 0 Å². The Hall–Kier alpha value is -1.03. The van der Waals surface area contributed by atoms with E-state index < -0.39 is 21.4 Å². The maximum absolute atomic E-state index is 12.6. The lowest BCUT2D eigenvalue weighted by Crippen LogP contribution is -2.35. The van der Waals surface area contributed by atoms with Gasteiger partial charge in [-0.1, -0.05) is 17.7 Å². The van der Waals surface area contributed by atoms with Crippen molar-refractivity contribution in [3.63, 3.8) is 0 Å². The molecule has 8 heteroatoms. The summed E-state index contributed by atoms with van der Waals surface area (Å²) in [5.41, 5.74) is -0.408. The molecule has 1 aromatic carbocycles. The molecular formula is C16H26O7S. The molecule has 0 aliphatic rings. The highest BCUT2D eigenvalue weighted by molar-refractivity contribution is 7.92. The number of aliphatic hydroxyl groups is 2. The van der Waals surface area contributed by atoms with E-state index in [1.807, 2.05) is 6.92 Å². The van der Waals surface area contributed by atoms with Gasteiger partial charge >= 0.3 is 0 Å². The van der Waals surface area contributed by atoms with Crippen molar-refractivity contribution < 1.29 is 32.8 Å². The number of ether oxygens (including phenoxy) is 3. The van der Waals surface area contributed by atoms with Crippen molar-refractivity contribution in [2.45, 2.75) is 30.3 Å². The Balaban J connectivity index is 2.50. The summed E-state index contributed by atoms with van der Waals surface area (Å²) >= 11 is 0. The number of rotatable bonds is 12. The summed E-state index contributed by atoms with van der Waals surface area (Å²) in [5, 5.41) is 18.3. The van der Waals surface area contributed by atoms with E-state index in [0.717, 1.165) is 5.56 Å². The van der Waals surface area contributed by atoms with Gasteiger partial charge in [0.2, 0.25) is 9.84 Å². The van der Waals surface area contributed by atoms with E-state index in [1.165, 1.54) is 19.1 Å². The zero-order valence-corrected chi connectivity index (χ0v) is 14.9. The van der Waals surface area contributed by atoms with Crippen LogP contribution in [0.25, 0.3) is 0 Å². The zero-order chi connectivity index (χ0) is 18.0. The van der Waals surface area contributed by atoms with Crippen LogP contribution in [-0.2, 0) is 24.0 Å². The van der Waals surface area contributed by atoms with Crippen molar-refractivity contribution >= 4 is 9.84 Å². The monoisotopic (exact) mass is 362 g/mol. The van der Waals surface area contributed by atoms with E-state index in [4.69, 9.17) is 19.3 Å². The minimum absolute atomic E-state index is 0.0284. The molecule has 0 aliphatic carbocycles. The second-order valence-corrected chi connectivity index (χ2v) is 7.31. The molecule has 0 saturated carbocycles. The van der Waals surface area contributed by atoms with Crippen molar-refractivity contribution in [2.24, 2.45) is 0 Å². The fraction of sp³-hybridized carbons (Fsp3) is 0.625. The molecule has 24 heavy (non-hydrogen) atoms. The molecule has 0 saturated heterocycles. The van der Waals surface area contributed by atoms with Crippen molar-refractivity contribution in [3.8, 4) is 0 Å². The van der Waals surface area contributed by atoms with Crippen molar-refractivity contribution in [2.75, 3.05) is 39.6 Å². The number of aliphatic hydroxyl groups excluding tert-OH is 2. The topological polar surface area (TPSA) is 102 Å². The van der Waals surface area contributed by atoms with Gasteiger partial charge in [-0.25, -0.2) is 8.42 Å². The van der Waals surface area contributed by atoms with Gasteiger partial charge in [0.15, 0.2) is 5.44 Å². The van der Waals surface area contributed by atoms with Crippen LogP contribution in [0, 0.1) is 6.92 Å². The van der Waals surface area contributed by atoms with Gasteiger partial charge in [0.25, 0.3) is 0 Å². The number of sulfone groups is 1. The SMILES string of the molecule is Cc1ccc(S(=O)(=O)C(OCCOCCOCCO)C(C)O)cc1. The lowest BCUT2D eigenvalue weighted by molar-refractivity contribution is -0.0237. The van der Waals surface area contributed by atoms with Gasteiger partial charge in [-0.2, -0.15) is 0 Å². The van der Waals surface area contributed by atoms with E-state index in [2.05, 4.69) is 0 Å². The average molecular weight is 362 g/mol. The summed E-state index contributed by atoms with van der Waals surface area (Å²) in [4.78, 5) is 0.109. The molecular weight excluding hydrogens is 336 g/mol. The van der Waals surface area contributed by atoms with Gasteiger partial charge in [0, 0.05) is 0 Å². The van der Waals surface area contributed by atoms with Crippen LogP contribution in [0.2, 0.25) is 0 Å². The molecule has 2 unspecified atom stereocenters. The maximum Gasteiger partial charge on any atom is 0.207 e. The van der Waals surface area contributed by atoms with E-state index >= 15 is 0 Å². The Morgan fingerprint density at radius 2 is 1.54 bits per heavy atom. The predicted octanol–water partition coefficient (Wildman–Crippen LogP) is 0.518. The third-order valence-electron chi connectivity index (χ3n) is 3.17. The van der Waals surface area contributed by atoms with Crippen LogP contribution in [-0.4, -0.2) is 69.8 Å². The molecule has 2 N–H and O–H groups in total. The summed E-state index contributed by atoms with van der Waals surface area (Å²) < 4.78 is 40.7. The van der Waals surface area contributed by atoms with Crippen molar-refractivity contribution in [3.05, 3.63) is 29.8 Å². The fourth-order valence-electron chi connectivity index (χ4n) is 1.96. The number of hydrogen-bond donors (Lipinski definition) is 2. The molecule has 2 atom stereocenters. The Morgan fingerprint density at radius 1 is 1.00 bits per heavy atom. The van der Waals surface area contributed by atoms with Crippen LogP contribution in [0.4, 0.5) is 0 Å². The lowest BCUT2D eigenvalue weighted by atomic mass is 10.2. The summed E-state index contributed by atoms with van der Waals surface area (Å²) in [6.45, 7) is 4.29. The summed E-state index contributed by atoms with van der Waals surface area (Å²) in [7, 11) is -3.80. The van der Waals surface area contributed by atoms with Crippen LogP contribution in [0.1, 0.15) is 12.5 Å². The second kappa shape index (κ2) is 10.8. The second-order valence-electron chi connectivity index (χ2n) is 5.29. The molecule has 1 aromatic rings. The summed E-state index contributed by atoms with van der Waals surface area (Å²) in [5.74, 6) is 0. The maximum atomic E-state index is 12.6. The predicted molar refractivity (Wildman–Crippen MR) is 88.5 cm³/mol. The smallest absolute Gasteiger partial charge is 0.207 e. The summed E-state index contributed by atoms with van der Waals surface area (Å²) in [6, 6.07) is 6.39. The molecule has 7 nitrogen and oxygen atoms in total. The largest absolute Gasteiger partial charge is 0.394 e. The highest BCUT2D eigenvalue weighted by atomic mass is 32.2. The molecule has 0 aliphatic heterocycles. The fourth-order valence-corrected chi connectivity index (χ4v) is 3.54. The molecule has 1 rings (SSSR count). The lowest BCUT2D eigenvalue weighted by Gasteiger charge is -2.21. The molecule has 0 spiro atoms. The van der Waals surface area contributed by atoms with Gasteiger partial charge in [0.05, 0.1) is 50.6 Å². The summed E-state index contributed by atoms with van der Waals surface area (Å²) in [6.07, 6.45) is -1.18. The standard InChI is InChI=1S/C16H26O7S/c1-13-3-5-15(6-4-13)24(19,20)16(14(2)18)23-12-11-22-10-9-21-8-7-17/h3-6,14,16-18H,7-12H2,1-2H3. The van der Waals surface area contributed by atoms with E-state index in [1.54, 1.807) is 12.1 Å². The Bertz CT molecular complexity index is 554. The number of benzene rings is 1. The van der Waals surface area contributed by atoms with Gasteiger partial charge < -0.3 is 24.4 Å². The quantitative estimate of drug-likeness (QED) is 0.523. The first-order chi connectivity index (χ1) is 11.4. The van der Waals surface area contributed by atoms with Crippen LogP contribution < -0.4 is 0 Å². The van der Waals surface area contributed by atoms with E-state index in [0.29, 0.717) is 13.2 Å². The Labute approximate surface area is 143 Å². The Morgan fingerprint density at radius 3 is 2.08 bits per heavy atom. The Kier molecular flexibility index (Phi) is 9.42. The first kappa shape index (κ1) is 21.0. The molecule has 0 fully saturated rings. The molecule has 0 aromatic heterocycles. The zero-order valence-electron chi connectivity index (χ0n) is 14.1. The molecule has 0 heterocycles.